The van der Waals surface area contributed by atoms with E-state index < -0.39 is 84.1 Å². The maximum atomic E-state index is 9.40. The van der Waals surface area contributed by atoms with Gasteiger partial charge >= 0.3 is 0 Å². The summed E-state index contributed by atoms with van der Waals surface area (Å²) in [7, 11) is 0. The number of hydrogen-bond acceptors (Lipinski definition) is 1. The van der Waals surface area contributed by atoms with Crippen molar-refractivity contribution in [3.05, 3.63) is 157 Å². The Morgan fingerprint density at radius 2 is 0.927 bits per heavy atom. The summed E-state index contributed by atoms with van der Waals surface area (Å²) in [5, 5.41) is -0.428. The Hall–Kier alpha value is -5.40. The molecule has 0 aliphatic carbocycles. The molecule has 8 aromatic rings. The van der Waals surface area contributed by atoms with Gasteiger partial charge in [-0.15, -0.1) is 0 Å². The van der Waals surface area contributed by atoms with Crippen LogP contribution >= 0.6 is 0 Å². The standard InChI is InChI=1S/C40H26O/c1-4-15-27(16-5-1)30-25-14-26-35-38(39(41-40(30)35)29-19-8-3-9-20-29)37-33-23-12-10-21-31(33)36(28-17-6-2-7-18-28)32-22-11-13-24-34(32)37/h1-26H/i2D,6D,7D,10D,11D,12D,13D,17D,18D,21D,22D,23D,24D. The molecule has 0 radical (unpaired) electrons. The van der Waals surface area contributed by atoms with Crippen LogP contribution in [0.4, 0.5) is 0 Å². The van der Waals surface area contributed by atoms with Crippen molar-refractivity contribution in [3.63, 3.8) is 0 Å². The molecule has 0 unspecified atom stereocenters. The van der Waals surface area contributed by atoms with E-state index in [-0.39, 0.29) is 44.0 Å². The van der Waals surface area contributed by atoms with Crippen molar-refractivity contribution in [3.8, 4) is 44.7 Å². The molecular weight excluding hydrogens is 496 g/mol. The fraction of sp³-hybridized carbons (Fsp3) is 0. The molecule has 0 bridgehead atoms. The van der Waals surface area contributed by atoms with Gasteiger partial charge in [-0.25, -0.2) is 0 Å². The fourth-order valence-electron chi connectivity index (χ4n) is 5.51. The van der Waals surface area contributed by atoms with E-state index in [0.29, 0.717) is 22.1 Å². The van der Waals surface area contributed by atoms with Gasteiger partial charge in [0.05, 0.1) is 17.8 Å². The van der Waals surface area contributed by atoms with Gasteiger partial charge in [0.2, 0.25) is 0 Å². The zero-order valence-corrected chi connectivity index (χ0v) is 21.4. The second-order valence-electron chi connectivity index (χ2n) is 9.47. The Morgan fingerprint density at radius 3 is 1.54 bits per heavy atom. The van der Waals surface area contributed by atoms with Gasteiger partial charge in [-0.2, -0.15) is 0 Å². The van der Waals surface area contributed by atoms with Gasteiger partial charge in [0, 0.05) is 27.6 Å². The molecule has 41 heavy (non-hydrogen) atoms. The van der Waals surface area contributed by atoms with Gasteiger partial charge in [0.15, 0.2) is 0 Å². The molecule has 0 atom stereocenters. The van der Waals surface area contributed by atoms with Crippen molar-refractivity contribution in [1.29, 1.82) is 0 Å². The minimum Gasteiger partial charge on any atom is -0.455 e. The molecule has 0 saturated carbocycles. The SMILES string of the molecule is [2H]c1c([2H])c([2H])c(-c2c3c([2H])c([2H])c([2H])c([2H])c3c(-c3c(-c4ccccc4)oc4c(-c5ccccc5)cccc34)c3c([2H])c([2H])c([2H])c([2H])c23)c([2H])c1[2H]. The fourth-order valence-corrected chi connectivity index (χ4v) is 5.51. The Balaban J connectivity index is 1.74. The van der Waals surface area contributed by atoms with Gasteiger partial charge in [-0.3, -0.25) is 0 Å². The average molecular weight is 536 g/mol. The molecule has 0 aliphatic heterocycles. The molecule has 0 amide bonds. The highest BCUT2D eigenvalue weighted by molar-refractivity contribution is 6.25. The highest BCUT2D eigenvalue weighted by Gasteiger charge is 2.25. The van der Waals surface area contributed by atoms with Crippen LogP contribution in [0.2, 0.25) is 0 Å². The molecule has 1 nitrogen and oxygen atoms in total. The first-order chi connectivity index (χ1) is 25.8. The van der Waals surface area contributed by atoms with Crippen molar-refractivity contribution >= 4 is 32.5 Å². The molecule has 1 heterocycles. The van der Waals surface area contributed by atoms with Crippen LogP contribution in [-0.4, -0.2) is 0 Å². The molecule has 0 aliphatic rings. The van der Waals surface area contributed by atoms with E-state index in [1.54, 1.807) is 36.4 Å². The molecule has 0 saturated heterocycles. The second-order valence-corrected chi connectivity index (χ2v) is 9.47. The number of para-hydroxylation sites is 1. The smallest absolute Gasteiger partial charge is 0.143 e. The van der Waals surface area contributed by atoms with E-state index in [4.69, 9.17) is 16.8 Å². The predicted octanol–water partition coefficient (Wildman–Crippen LogP) is 11.4. The maximum Gasteiger partial charge on any atom is 0.143 e. The van der Waals surface area contributed by atoms with E-state index >= 15 is 0 Å². The van der Waals surface area contributed by atoms with Crippen LogP contribution in [0.1, 0.15) is 17.8 Å². The van der Waals surface area contributed by atoms with Crippen LogP contribution in [0, 0.1) is 0 Å². The summed E-state index contributed by atoms with van der Waals surface area (Å²) in [6.45, 7) is 0. The van der Waals surface area contributed by atoms with E-state index in [9.17, 15) is 5.48 Å². The highest BCUT2D eigenvalue weighted by atomic mass is 16.3. The molecule has 0 fully saturated rings. The molecule has 7 aromatic carbocycles. The molecule has 192 valence electrons. The van der Waals surface area contributed by atoms with E-state index in [0.717, 1.165) is 5.56 Å². The van der Waals surface area contributed by atoms with Crippen LogP contribution in [-0.2, 0) is 0 Å². The van der Waals surface area contributed by atoms with Gasteiger partial charge in [-0.05, 0) is 38.2 Å². The molecule has 0 N–H and O–H groups in total. The van der Waals surface area contributed by atoms with Crippen molar-refractivity contribution < 1.29 is 22.2 Å². The largest absolute Gasteiger partial charge is 0.455 e. The van der Waals surface area contributed by atoms with Crippen molar-refractivity contribution in [2.75, 3.05) is 0 Å². The van der Waals surface area contributed by atoms with Crippen LogP contribution in [0.25, 0.3) is 77.2 Å². The molecule has 8 rings (SSSR count). The van der Waals surface area contributed by atoms with Crippen LogP contribution in [0.15, 0.2) is 162 Å². The first kappa shape index (κ1) is 13.8. The first-order valence-corrected chi connectivity index (χ1v) is 13.0. The summed E-state index contributed by atoms with van der Waals surface area (Å²) in [6.07, 6.45) is 0. The number of fused-ring (bicyclic) bond motifs is 3. The second kappa shape index (κ2) is 9.66. The van der Waals surface area contributed by atoms with Gasteiger partial charge < -0.3 is 4.42 Å². The summed E-state index contributed by atoms with van der Waals surface area (Å²) in [5.74, 6) is 0.256. The summed E-state index contributed by atoms with van der Waals surface area (Å²) < 4.78 is 122. The van der Waals surface area contributed by atoms with Crippen molar-refractivity contribution in [1.82, 2.24) is 0 Å². The van der Waals surface area contributed by atoms with Gasteiger partial charge in [0.1, 0.15) is 11.3 Å². The summed E-state index contributed by atoms with van der Waals surface area (Å²) in [4.78, 5) is 0. The van der Waals surface area contributed by atoms with Gasteiger partial charge in [-0.1, -0.05) is 157 Å². The lowest BCUT2D eigenvalue weighted by molar-refractivity contribution is 0.633. The number of benzene rings is 7. The lowest BCUT2D eigenvalue weighted by Crippen LogP contribution is -1.91. The van der Waals surface area contributed by atoms with Crippen LogP contribution in [0.5, 0.6) is 0 Å². The first-order valence-electron chi connectivity index (χ1n) is 19.5. The number of rotatable bonds is 4. The molecule has 1 heteroatoms. The normalized spacial score (nSPS) is 15.9. The quantitative estimate of drug-likeness (QED) is 0.204. The van der Waals surface area contributed by atoms with Crippen molar-refractivity contribution in [2.24, 2.45) is 0 Å². The van der Waals surface area contributed by atoms with Crippen LogP contribution in [0.3, 0.4) is 0 Å². The Morgan fingerprint density at radius 1 is 0.390 bits per heavy atom. The van der Waals surface area contributed by atoms with Crippen LogP contribution < -0.4 is 0 Å². The lowest BCUT2D eigenvalue weighted by Gasteiger charge is -2.18. The third-order valence-corrected chi connectivity index (χ3v) is 7.21. The zero-order valence-electron chi connectivity index (χ0n) is 34.4. The number of furan rings is 1. The predicted molar refractivity (Wildman–Crippen MR) is 173 cm³/mol. The summed E-state index contributed by atoms with van der Waals surface area (Å²) in [6, 6.07) is 15.3. The van der Waals surface area contributed by atoms with E-state index in [1.165, 1.54) is 0 Å². The lowest BCUT2D eigenvalue weighted by atomic mass is 9.84. The van der Waals surface area contributed by atoms with E-state index in [2.05, 4.69) is 0 Å². The summed E-state index contributed by atoms with van der Waals surface area (Å²) >= 11 is 0. The molecule has 1 aromatic heterocycles. The Kier molecular flexibility index (Phi) is 3.25. The Labute approximate surface area is 257 Å². The van der Waals surface area contributed by atoms with E-state index in [1.807, 2.05) is 42.5 Å². The average Bonchev–Trinajstić information content (AvgIpc) is 3.58. The maximum absolute atomic E-state index is 9.40. The third kappa shape index (κ3) is 3.78. The van der Waals surface area contributed by atoms with Crippen molar-refractivity contribution in [2.45, 2.75) is 0 Å². The van der Waals surface area contributed by atoms with Gasteiger partial charge in [0.25, 0.3) is 0 Å². The minimum absolute atomic E-state index is 0.0120. The topological polar surface area (TPSA) is 13.1 Å². The molecular formula is C40H26O. The number of hydrogen-bond donors (Lipinski definition) is 0. The monoisotopic (exact) mass is 535 g/mol. The third-order valence-electron chi connectivity index (χ3n) is 7.21. The summed E-state index contributed by atoms with van der Waals surface area (Å²) in [5.41, 5.74) is 1.99. The zero-order chi connectivity index (χ0) is 38.5. The molecule has 0 spiro atoms. The Bertz CT molecular complexity index is 2790. The highest BCUT2D eigenvalue weighted by Crippen LogP contribution is 2.50. The minimum atomic E-state index is -0.723.